The number of amides is 1. The summed E-state index contributed by atoms with van der Waals surface area (Å²) in [5.41, 5.74) is -0.0556. The van der Waals surface area contributed by atoms with Gasteiger partial charge >= 0.3 is 5.97 Å². The Morgan fingerprint density at radius 1 is 1.26 bits per heavy atom. The third-order valence-corrected chi connectivity index (χ3v) is 5.38. The smallest absolute Gasteiger partial charge is 0.338 e. The van der Waals surface area contributed by atoms with Crippen molar-refractivity contribution in [2.24, 2.45) is 5.92 Å². The van der Waals surface area contributed by atoms with Crippen molar-refractivity contribution in [3.8, 4) is 0 Å². The molecule has 1 heterocycles. The summed E-state index contributed by atoms with van der Waals surface area (Å²) in [6.45, 7) is 6.20. The summed E-state index contributed by atoms with van der Waals surface area (Å²) in [6, 6.07) is 2.32. The van der Waals surface area contributed by atoms with Gasteiger partial charge in [-0.25, -0.2) is 18.6 Å². The molecule has 0 spiro atoms. The van der Waals surface area contributed by atoms with Crippen LogP contribution in [0.1, 0.15) is 67.5 Å². The van der Waals surface area contributed by atoms with E-state index in [1.165, 1.54) is 6.07 Å². The van der Waals surface area contributed by atoms with Crippen molar-refractivity contribution in [1.82, 2.24) is 14.9 Å². The number of hydrogen-bond acceptors (Lipinski definition) is 4. The van der Waals surface area contributed by atoms with Gasteiger partial charge < -0.3 is 15.0 Å². The Hall–Kier alpha value is -2.42. The first kappa shape index (κ1) is 24.8. The number of nitrogens with one attached hydrogen (secondary N) is 1. The van der Waals surface area contributed by atoms with Crippen molar-refractivity contribution < 1.29 is 23.5 Å². The lowest BCUT2D eigenvalue weighted by Gasteiger charge is -2.16. The maximum Gasteiger partial charge on any atom is 0.338 e. The number of carbonyl (C=O) groups is 2. The van der Waals surface area contributed by atoms with Gasteiger partial charge in [-0.2, -0.15) is 12.6 Å². The van der Waals surface area contributed by atoms with E-state index in [0.29, 0.717) is 30.3 Å². The molecule has 0 radical (unpaired) electrons. The summed E-state index contributed by atoms with van der Waals surface area (Å²) in [6.07, 6.45) is 4.69. The number of halogens is 2. The maximum atomic E-state index is 14.5. The number of aromatic nitrogens is 2. The Labute approximate surface area is 186 Å². The van der Waals surface area contributed by atoms with E-state index < -0.39 is 28.4 Å². The Bertz CT molecular complexity index is 931. The zero-order valence-corrected chi connectivity index (χ0v) is 18.9. The van der Waals surface area contributed by atoms with Crippen LogP contribution in [0.15, 0.2) is 18.3 Å². The molecule has 1 aromatic heterocycles. The molecular weight excluding hydrogens is 424 g/mol. The summed E-state index contributed by atoms with van der Waals surface area (Å²) in [4.78, 5) is 27.8. The summed E-state index contributed by atoms with van der Waals surface area (Å²) in [5, 5.41) is 11.4. The molecule has 0 fully saturated rings. The van der Waals surface area contributed by atoms with Crippen molar-refractivity contribution in [3.05, 3.63) is 52.6 Å². The Morgan fingerprint density at radius 3 is 2.58 bits per heavy atom. The largest absolute Gasteiger partial charge is 0.478 e. The molecule has 0 unspecified atom stereocenters. The lowest BCUT2D eigenvalue weighted by Crippen LogP contribution is -2.32. The first-order valence-electron chi connectivity index (χ1n) is 10.3. The van der Waals surface area contributed by atoms with Gasteiger partial charge in [-0.3, -0.25) is 4.79 Å². The molecule has 170 valence electrons. The van der Waals surface area contributed by atoms with E-state index in [4.69, 9.17) is 5.11 Å². The number of aromatic carboxylic acids is 1. The fraction of sp³-hybridized carbons (Fsp3) is 0.500. The fourth-order valence-corrected chi connectivity index (χ4v) is 3.73. The molecule has 1 atom stereocenters. The van der Waals surface area contributed by atoms with Gasteiger partial charge in [0.05, 0.1) is 35.8 Å². The molecular formula is C22H29F2N3O3S. The van der Waals surface area contributed by atoms with Gasteiger partial charge in [0.2, 0.25) is 5.91 Å². The molecule has 31 heavy (non-hydrogen) atoms. The molecule has 2 rings (SSSR count). The molecule has 0 aliphatic heterocycles. The van der Waals surface area contributed by atoms with Crippen LogP contribution in [-0.4, -0.2) is 31.8 Å². The second-order valence-electron chi connectivity index (χ2n) is 7.92. The van der Waals surface area contributed by atoms with Crippen LogP contribution >= 0.6 is 12.6 Å². The van der Waals surface area contributed by atoms with Crippen LogP contribution in [0.2, 0.25) is 0 Å². The molecule has 0 aliphatic carbocycles. The number of unbranched alkanes of at least 4 members (excludes halogenated alkanes) is 1. The number of carboxylic acid groups (broad SMARTS) is 1. The monoisotopic (exact) mass is 453 g/mol. The molecule has 0 saturated heterocycles. The minimum atomic E-state index is -1.53. The molecule has 2 aromatic rings. The summed E-state index contributed by atoms with van der Waals surface area (Å²) in [5.74, 6) is -3.30. The number of carboxylic acids is 1. The van der Waals surface area contributed by atoms with Gasteiger partial charge in [0.25, 0.3) is 0 Å². The Balaban J connectivity index is 2.27. The van der Waals surface area contributed by atoms with Crippen LogP contribution < -0.4 is 5.32 Å². The molecule has 9 heteroatoms. The van der Waals surface area contributed by atoms with Gasteiger partial charge in [-0.05, 0) is 24.8 Å². The molecule has 6 nitrogen and oxygen atoms in total. The van der Waals surface area contributed by atoms with Crippen molar-refractivity contribution in [2.45, 2.75) is 64.8 Å². The van der Waals surface area contributed by atoms with E-state index in [-0.39, 0.29) is 24.6 Å². The number of carbonyl (C=O) groups excluding carboxylic acids is 1. The van der Waals surface area contributed by atoms with Crippen molar-refractivity contribution >= 4 is 24.5 Å². The van der Waals surface area contributed by atoms with Gasteiger partial charge in [-0.15, -0.1) is 0 Å². The Kier molecular flexibility index (Phi) is 9.03. The number of hydrogen-bond donors (Lipinski definition) is 3. The van der Waals surface area contributed by atoms with Crippen LogP contribution in [0.5, 0.6) is 0 Å². The second kappa shape index (κ2) is 11.3. The number of rotatable bonds is 11. The van der Waals surface area contributed by atoms with Crippen molar-refractivity contribution in [1.29, 1.82) is 0 Å². The quantitative estimate of drug-likeness (QED) is 0.445. The molecule has 0 saturated carbocycles. The van der Waals surface area contributed by atoms with E-state index in [1.54, 1.807) is 10.8 Å². The molecule has 1 aromatic carbocycles. The van der Waals surface area contributed by atoms with Crippen LogP contribution in [0, 0.1) is 17.6 Å². The lowest BCUT2D eigenvalue weighted by molar-refractivity contribution is -0.121. The number of imidazole rings is 1. The predicted molar refractivity (Wildman–Crippen MR) is 117 cm³/mol. The van der Waals surface area contributed by atoms with Crippen molar-refractivity contribution in [3.63, 3.8) is 0 Å². The minimum Gasteiger partial charge on any atom is -0.478 e. The fourth-order valence-electron chi connectivity index (χ4n) is 3.22. The lowest BCUT2D eigenvalue weighted by atomic mass is 10.1. The van der Waals surface area contributed by atoms with E-state index in [9.17, 15) is 18.4 Å². The van der Waals surface area contributed by atoms with E-state index in [2.05, 4.69) is 22.9 Å². The summed E-state index contributed by atoms with van der Waals surface area (Å²) >= 11 is 4.35. The number of aryl methyl sites for hydroxylation is 1. The topological polar surface area (TPSA) is 84.2 Å². The van der Waals surface area contributed by atoms with Gasteiger partial charge in [0.15, 0.2) is 11.6 Å². The second-order valence-corrected chi connectivity index (χ2v) is 8.55. The summed E-state index contributed by atoms with van der Waals surface area (Å²) in [7, 11) is 0. The standard InChI is InChI=1S/C22H29F2N3O3S/c1-4-5-6-18-25-10-15(11-26-21(28)17(31)9-13(2)3)27(18)12-14-7-8-16(22(29)30)20(24)19(14)23/h7-8,10,13,17,31H,4-6,9,11-12H2,1-3H3,(H,26,28)(H,29,30)/t17-/m1/s1. The van der Waals surface area contributed by atoms with E-state index in [0.717, 1.165) is 18.9 Å². The average Bonchev–Trinajstić information content (AvgIpc) is 3.08. The average molecular weight is 454 g/mol. The van der Waals surface area contributed by atoms with Crippen LogP contribution in [0.25, 0.3) is 0 Å². The Morgan fingerprint density at radius 2 is 1.97 bits per heavy atom. The third-order valence-electron chi connectivity index (χ3n) is 4.94. The molecule has 0 aliphatic rings. The minimum absolute atomic E-state index is 0.0118. The third kappa shape index (κ3) is 6.53. The number of nitrogens with zero attached hydrogens (tertiary/aromatic N) is 2. The molecule has 1 amide bonds. The first-order chi connectivity index (χ1) is 14.6. The maximum absolute atomic E-state index is 14.5. The molecule has 0 bridgehead atoms. The molecule has 2 N–H and O–H groups in total. The van der Waals surface area contributed by atoms with Gasteiger partial charge in [0.1, 0.15) is 5.82 Å². The first-order valence-corrected chi connectivity index (χ1v) is 10.9. The van der Waals surface area contributed by atoms with Gasteiger partial charge in [0, 0.05) is 12.0 Å². The van der Waals surface area contributed by atoms with E-state index >= 15 is 0 Å². The van der Waals surface area contributed by atoms with Crippen LogP contribution in [0.3, 0.4) is 0 Å². The summed E-state index contributed by atoms with van der Waals surface area (Å²) < 4.78 is 30.4. The van der Waals surface area contributed by atoms with Crippen molar-refractivity contribution in [2.75, 3.05) is 0 Å². The normalized spacial score (nSPS) is 12.2. The van der Waals surface area contributed by atoms with Crippen LogP contribution in [-0.2, 0) is 24.3 Å². The highest BCUT2D eigenvalue weighted by molar-refractivity contribution is 7.81. The zero-order chi connectivity index (χ0) is 23.1. The van der Waals surface area contributed by atoms with Crippen LogP contribution in [0.4, 0.5) is 8.78 Å². The highest BCUT2D eigenvalue weighted by atomic mass is 32.1. The highest BCUT2D eigenvalue weighted by Gasteiger charge is 2.21. The van der Waals surface area contributed by atoms with Gasteiger partial charge in [-0.1, -0.05) is 33.3 Å². The SMILES string of the molecule is CCCCc1ncc(CNC(=O)[C@H](S)CC(C)C)n1Cc1ccc(C(=O)O)c(F)c1F. The number of benzene rings is 1. The highest BCUT2D eigenvalue weighted by Crippen LogP contribution is 2.20. The zero-order valence-electron chi connectivity index (χ0n) is 18.0. The van der Waals surface area contributed by atoms with E-state index in [1.807, 2.05) is 20.8 Å². The number of thiol groups is 1. The predicted octanol–water partition coefficient (Wildman–Crippen LogP) is 4.21.